The van der Waals surface area contributed by atoms with Crippen molar-refractivity contribution < 1.29 is 45.0 Å². The summed E-state index contributed by atoms with van der Waals surface area (Å²) in [6.07, 6.45) is 11.1. The maximum absolute atomic E-state index is 10.4. The van der Waals surface area contributed by atoms with E-state index in [0.717, 1.165) is 77.0 Å². The number of hydrogen-bond donors (Lipinski definition) is 6. The summed E-state index contributed by atoms with van der Waals surface area (Å²) in [5.74, 6) is -2.26. The maximum atomic E-state index is 10.4. The lowest BCUT2D eigenvalue weighted by Gasteiger charge is -2.20. The highest BCUT2D eigenvalue weighted by Crippen LogP contribution is 2.13. The molecule has 0 aliphatic rings. The lowest BCUT2D eigenvalue weighted by Crippen LogP contribution is -2.29. The van der Waals surface area contributed by atoms with Gasteiger partial charge in [-0.05, 0) is 38.5 Å². The fraction of sp³-hybridized carbons (Fsp3) is 0.897. The van der Waals surface area contributed by atoms with Crippen LogP contribution in [-0.4, -0.2) is 68.4 Å². The van der Waals surface area contributed by atoms with Crippen molar-refractivity contribution in [3.8, 4) is 0 Å². The van der Waals surface area contributed by atoms with Crippen LogP contribution in [0.25, 0.3) is 0 Å². The van der Waals surface area contributed by atoms with Crippen LogP contribution < -0.4 is 0 Å². The van der Waals surface area contributed by atoms with Gasteiger partial charge in [-0.25, -0.2) is 0 Å². The van der Waals surface area contributed by atoms with Gasteiger partial charge in [-0.3, -0.25) is 14.4 Å². The van der Waals surface area contributed by atoms with Gasteiger partial charge in [0.2, 0.25) is 0 Å². The first-order valence-corrected chi connectivity index (χ1v) is 14.4. The molecule has 6 N–H and O–H groups in total. The molecule has 0 aliphatic heterocycles. The van der Waals surface area contributed by atoms with E-state index in [9.17, 15) is 14.4 Å². The van der Waals surface area contributed by atoms with Crippen molar-refractivity contribution in [2.75, 3.05) is 19.8 Å². The molecule has 0 saturated carbocycles. The zero-order valence-corrected chi connectivity index (χ0v) is 25.2. The molecular formula is C29H60O9. The summed E-state index contributed by atoms with van der Waals surface area (Å²) in [7, 11) is 0. The van der Waals surface area contributed by atoms with Gasteiger partial charge < -0.3 is 30.6 Å². The van der Waals surface area contributed by atoms with E-state index in [-0.39, 0.29) is 37.6 Å². The molecule has 0 spiro atoms. The minimum atomic E-state index is -0.708. The summed E-state index contributed by atoms with van der Waals surface area (Å²) in [5, 5.41) is 51.2. The van der Waals surface area contributed by atoms with Crippen LogP contribution in [0.4, 0.5) is 0 Å². The van der Waals surface area contributed by atoms with E-state index in [0.29, 0.717) is 0 Å². The zero-order valence-electron chi connectivity index (χ0n) is 25.2. The van der Waals surface area contributed by atoms with E-state index >= 15 is 0 Å². The zero-order chi connectivity index (χ0) is 30.6. The Morgan fingerprint density at radius 2 is 0.737 bits per heavy atom. The quantitative estimate of drug-likeness (QED) is 0.122. The molecule has 9 heteroatoms. The topological polar surface area (TPSA) is 173 Å². The average Bonchev–Trinajstić information content (AvgIpc) is 2.90. The predicted octanol–water partition coefficient (Wildman–Crippen LogP) is 5.83. The first kappa shape index (κ1) is 43.3. The second-order valence-corrected chi connectivity index (χ2v) is 10.0. The molecule has 0 aromatic carbocycles. The number of aliphatic hydroxyl groups excluding tert-OH is 3. The minimum Gasteiger partial charge on any atom is -0.481 e. The van der Waals surface area contributed by atoms with Crippen molar-refractivity contribution in [3.05, 3.63) is 0 Å². The third-order valence-electron chi connectivity index (χ3n) is 6.39. The van der Waals surface area contributed by atoms with Crippen molar-refractivity contribution in [2.45, 2.75) is 126 Å². The Labute approximate surface area is 231 Å². The van der Waals surface area contributed by atoms with Crippen molar-refractivity contribution in [2.24, 2.45) is 23.2 Å². The molecule has 0 amide bonds. The normalized spacial score (nSPS) is 12.8. The summed E-state index contributed by atoms with van der Waals surface area (Å²) in [6.45, 7) is 13.1. The number of hydrogen-bond acceptors (Lipinski definition) is 6. The van der Waals surface area contributed by atoms with Crippen LogP contribution in [0.3, 0.4) is 0 Å². The second-order valence-electron chi connectivity index (χ2n) is 10.0. The maximum Gasteiger partial charge on any atom is 0.306 e. The van der Waals surface area contributed by atoms with Crippen LogP contribution in [0, 0.1) is 23.2 Å². The summed E-state index contributed by atoms with van der Waals surface area (Å²) >= 11 is 0. The molecule has 0 saturated heterocycles. The van der Waals surface area contributed by atoms with E-state index in [1.165, 1.54) is 0 Å². The Kier molecular flexibility index (Phi) is 34.0. The molecule has 3 atom stereocenters. The molecule has 230 valence electrons. The number of unbranched alkanes of at least 4 members (excludes halogenated alkanes) is 3. The van der Waals surface area contributed by atoms with Crippen LogP contribution in [0.1, 0.15) is 126 Å². The van der Waals surface area contributed by atoms with Crippen molar-refractivity contribution in [1.82, 2.24) is 0 Å². The van der Waals surface area contributed by atoms with E-state index in [1.807, 2.05) is 20.8 Å². The van der Waals surface area contributed by atoms with E-state index < -0.39 is 23.3 Å². The van der Waals surface area contributed by atoms with Gasteiger partial charge in [-0.1, -0.05) is 87.0 Å². The van der Waals surface area contributed by atoms with Crippen LogP contribution in [0.2, 0.25) is 0 Å². The molecule has 3 unspecified atom stereocenters. The van der Waals surface area contributed by atoms with E-state index in [2.05, 4.69) is 20.8 Å². The van der Waals surface area contributed by atoms with Gasteiger partial charge in [0, 0.05) is 5.41 Å². The number of carbonyl (C=O) groups is 3. The Morgan fingerprint density at radius 3 is 0.816 bits per heavy atom. The van der Waals surface area contributed by atoms with Gasteiger partial charge in [0.15, 0.2) is 0 Å². The minimum absolute atomic E-state index is 0.111. The van der Waals surface area contributed by atoms with E-state index in [1.54, 1.807) is 6.92 Å². The van der Waals surface area contributed by atoms with Gasteiger partial charge >= 0.3 is 17.9 Å². The average molecular weight is 553 g/mol. The van der Waals surface area contributed by atoms with Gasteiger partial charge in [-0.15, -0.1) is 0 Å². The predicted molar refractivity (Wildman–Crippen MR) is 152 cm³/mol. The number of aliphatic hydroxyl groups is 3. The summed E-state index contributed by atoms with van der Waals surface area (Å²) in [6, 6.07) is 0. The van der Waals surface area contributed by atoms with Gasteiger partial charge in [0.05, 0.1) is 37.6 Å². The molecule has 0 aliphatic carbocycles. The number of carboxylic acids is 3. The Morgan fingerprint density at radius 1 is 0.526 bits per heavy atom. The van der Waals surface area contributed by atoms with Gasteiger partial charge in [-0.2, -0.15) is 0 Å². The molecular weight excluding hydrogens is 492 g/mol. The Balaban J connectivity index is -0.000000204. The fourth-order valence-corrected chi connectivity index (χ4v) is 3.01. The second kappa shape index (κ2) is 29.8. The molecule has 0 aromatic heterocycles. The van der Waals surface area contributed by atoms with Crippen LogP contribution in [0.15, 0.2) is 0 Å². The lowest BCUT2D eigenvalue weighted by atomic mass is 9.95. The number of rotatable bonds is 18. The molecule has 0 radical (unpaired) electrons. The summed E-state index contributed by atoms with van der Waals surface area (Å²) < 4.78 is 0. The lowest BCUT2D eigenvalue weighted by molar-refractivity contribution is -0.143. The van der Waals surface area contributed by atoms with Crippen LogP contribution in [-0.2, 0) is 14.4 Å². The van der Waals surface area contributed by atoms with Crippen molar-refractivity contribution in [3.63, 3.8) is 0 Å². The molecule has 38 heavy (non-hydrogen) atoms. The highest BCUT2D eigenvalue weighted by Gasteiger charge is 2.20. The highest BCUT2D eigenvalue weighted by molar-refractivity contribution is 5.70. The molecule has 0 aromatic rings. The van der Waals surface area contributed by atoms with Crippen LogP contribution in [0.5, 0.6) is 0 Å². The third kappa shape index (κ3) is 27.3. The van der Waals surface area contributed by atoms with Gasteiger partial charge in [0.1, 0.15) is 0 Å². The largest absolute Gasteiger partial charge is 0.481 e. The molecule has 0 heterocycles. The number of aliphatic carboxylic acids is 3. The van der Waals surface area contributed by atoms with Crippen molar-refractivity contribution >= 4 is 17.9 Å². The third-order valence-corrected chi connectivity index (χ3v) is 6.39. The number of carboxylic acid groups (broad SMARTS) is 3. The summed E-state index contributed by atoms with van der Waals surface area (Å²) in [5.41, 5.74) is -0.708. The standard InChI is InChI=1S/3C8H16O2.C5H12O3/c3*1-3-5-6-7(4-2)8(9)10;1-5(2-6,3-7)4-8/h3*7H,3-6H2,1-2H3,(H,9,10);6-8H,2-4H2,1H3. The molecule has 9 nitrogen and oxygen atoms in total. The Bertz CT molecular complexity index is 478. The van der Waals surface area contributed by atoms with Crippen molar-refractivity contribution in [1.29, 1.82) is 0 Å². The van der Waals surface area contributed by atoms with Crippen LogP contribution >= 0.6 is 0 Å². The van der Waals surface area contributed by atoms with Gasteiger partial charge in [0.25, 0.3) is 0 Å². The summed E-state index contributed by atoms with van der Waals surface area (Å²) in [4.78, 5) is 31.3. The molecule has 0 rings (SSSR count). The monoisotopic (exact) mass is 552 g/mol. The first-order chi connectivity index (χ1) is 17.8. The molecule has 0 fully saturated rings. The Hall–Kier alpha value is -1.71. The fourth-order valence-electron chi connectivity index (χ4n) is 3.01. The van der Waals surface area contributed by atoms with E-state index in [4.69, 9.17) is 30.6 Å². The first-order valence-electron chi connectivity index (χ1n) is 14.4. The smallest absolute Gasteiger partial charge is 0.306 e. The molecule has 0 bridgehead atoms. The SMILES string of the molecule is CC(CO)(CO)CO.CCCCC(CC)C(=O)O.CCCCC(CC)C(=O)O.CCCCC(CC)C(=O)O. The highest BCUT2D eigenvalue weighted by atomic mass is 16.4.